The molecular weight excluding hydrogens is 390 g/mol. The van der Waals surface area contributed by atoms with Gasteiger partial charge in [0.2, 0.25) is 0 Å². The van der Waals surface area contributed by atoms with Gasteiger partial charge in [0.05, 0.1) is 0 Å². The van der Waals surface area contributed by atoms with Gasteiger partial charge in [0.15, 0.2) is 6.10 Å². The molecule has 3 aromatic carbocycles. The van der Waals surface area contributed by atoms with E-state index in [0.29, 0.717) is 16.5 Å². The molecule has 0 bridgehead atoms. The number of rotatable bonds is 4. The van der Waals surface area contributed by atoms with Crippen LogP contribution >= 0.6 is 27.5 Å². The van der Waals surface area contributed by atoms with Crippen LogP contribution in [0.4, 0.5) is 5.69 Å². The average molecular weight is 405 g/mol. The fraction of sp³-hybridized carbons (Fsp3) is 0.105. The molecule has 0 fully saturated rings. The lowest BCUT2D eigenvalue weighted by atomic mass is 10.1. The second-order valence-corrected chi connectivity index (χ2v) is 6.77. The molecule has 1 N–H and O–H groups in total. The van der Waals surface area contributed by atoms with Crippen molar-refractivity contribution in [3.05, 3.63) is 70.2 Å². The van der Waals surface area contributed by atoms with Crippen LogP contribution in [0.15, 0.2) is 65.1 Å². The Morgan fingerprint density at radius 3 is 2.62 bits per heavy atom. The van der Waals surface area contributed by atoms with E-state index in [1.54, 1.807) is 31.2 Å². The summed E-state index contributed by atoms with van der Waals surface area (Å²) >= 11 is 9.37. The third-order valence-electron chi connectivity index (χ3n) is 3.55. The van der Waals surface area contributed by atoms with Crippen LogP contribution in [0.3, 0.4) is 0 Å². The summed E-state index contributed by atoms with van der Waals surface area (Å²) in [5, 5.41) is 5.52. The van der Waals surface area contributed by atoms with Gasteiger partial charge in [-0.15, -0.1) is 0 Å². The van der Waals surface area contributed by atoms with Gasteiger partial charge in [0.1, 0.15) is 5.75 Å². The summed E-state index contributed by atoms with van der Waals surface area (Å²) in [4.78, 5) is 12.3. The molecule has 3 aromatic rings. The third kappa shape index (κ3) is 4.08. The molecule has 0 saturated heterocycles. The molecule has 0 aliphatic carbocycles. The van der Waals surface area contributed by atoms with Crippen molar-refractivity contribution in [1.82, 2.24) is 0 Å². The van der Waals surface area contributed by atoms with E-state index in [0.717, 1.165) is 15.2 Å². The Morgan fingerprint density at radius 2 is 1.83 bits per heavy atom. The fourth-order valence-corrected chi connectivity index (χ4v) is 2.90. The summed E-state index contributed by atoms with van der Waals surface area (Å²) in [5.74, 6) is 0.423. The minimum absolute atomic E-state index is 0.229. The van der Waals surface area contributed by atoms with E-state index in [9.17, 15) is 4.79 Å². The second-order valence-electron chi connectivity index (χ2n) is 5.41. The third-order valence-corrected chi connectivity index (χ3v) is 4.28. The first kappa shape index (κ1) is 16.8. The van der Waals surface area contributed by atoms with Gasteiger partial charge in [-0.1, -0.05) is 45.7 Å². The number of anilines is 1. The Hall–Kier alpha value is -2.04. The van der Waals surface area contributed by atoms with Crippen LogP contribution in [0.5, 0.6) is 5.75 Å². The average Bonchev–Trinajstić information content (AvgIpc) is 2.55. The number of halogens is 2. The Labute approximate surface area is 153 Å². The van der Waals surface area contributed by atoms with Gasteiger partial charge in [-0.2, -0.15) is 0 Å². The van der Waals surface area contributed by atoms with Crippen molar-refractivity contribution in [3.8, 4) is 5.75 Å². The number of benzene rings is 3. The molecule has 0 aliphatic rings. The van der Waals surface area contributed by atoms with Gasteiger partial charge in [0, 0.05) is 15.2 Å². The van der Waals surface area contributed by atoms with E-state index < -0.39 is 6.10 Å². The molecule has 0 saturated carbocycles. The minimum Gasteiger partial charge on any atom is -0.481 e. The Kier molecular flexibility index (Phi) is 5.07. The lowest BCUT2D eigenvalue weighted by Crippen LogP contribution is -2.30. The maximum Gasteiger partial charge on any atom is 0.265 e. The number of fused-ring (bicyclic) bond motifs is 1. The number of amides is 1. The van der Waals surface area contributed by atoms with Gasteiger partial charge >= 0.3 is 0 Å². The zero-order valence-corrected chi connectivity index (χ0v) is 15.3. The van der Waals surface area contributed by atoms with Crippen LogP contribution in [-0.4, -0.2) is 12.0 Å². The van der Waals surface area contributed by atoms with Crippen LogP contribution in [0.25, 0.3) is 10.8 Å². The van der Waals surface area contributed by atoms with Crippen molar-refractivity contribution in [2.24, 2.45) is 0 Å². The highest BCUT2D eigenvalue weighted by Gasteiger charge is 2.15. The summed E-state index contributed by atoms with van der Waals surface area (Å²) in [6.07, 6.45) is -0.628. The van der Waals surface area contributed by atoms with Crippen molar-refractivity contribution in [3.63, 3.8) is 0 Å². The van der Waals surface area contributed by atoms with E-state index >= 15 is 0 Å². The van der Waals surface area contributed by atoms with Crippen molar-refractivity contribution >= 4 is 49.9 Å². The number of hydrogen-bond acceptors (Lipinski definition) is 2. The monoisotopic (exact) mass is 403 g/mol. The Balaban J connectivity index is 1.70. The van der Waals surface area contributed by atoms with Gasteiger partial charge in [-0.3, -0.25) is 4.79 Å². The highest BCUT2D eigenvalue weighted by molar-refractivity contribution is 9.10. The normalized spacial score (nSPS) is 12.0. The smallest absolute Gasteiger partial charge is 0.265 e. The van der Waals surface area contributed by atoms with Crippen LogP contribution in [0.2, 0.25) is 5.02 Å². The molecule has 1 amide bonds. The van der Waals surface area contributed by atoms with Crippen LogP contribution in [0, 0.1) is 0 Å². The molecular formula is C19H15BrClNO2. The second kappa shape index (κ2) is 7.24. The van der Waals surface area contributed by atoms with E-state index in [1.807, 2.05) is 36.4 Å². The lowest BCUT2D eigenvalue weighted by Gasteiger charge is -2.15. The number of ether oxygens (including phenoxy) is 1. The number of hydrogen-bond donors (Lipinski definition) is 1. The summed E-state index contributed by atoms with van der Waals surface area (Å²) in [6.45, 7) is 1.71. The quantitative estimate of drug-likeness (QED) is 0.609. The molecule has 1 atom stereocenters. The number of nitrogens with one attached hydrogen (secondary N) is 1. The standard InChI is InChI=1S/C19H15BrClNO2/c1-12(19(23)22-17-4-2-3-16(21)11-17)24-18-8-6-13-9-15(20)7-5-14(13)10-18/h2-12H,1H3,(H,22,23)/t12-/m1/s1. The zero-order chi connectivity index (χ0) is 17.1. The van der Waals surface area contributed by atoms with Crippen LogP contribution in [0.1, 0.15) is 6.92 Å². The van der Waals surface area contributed by atoms with Gasteiger partial charge in [0.25, 0.3) is 5.91 Å². The van der Waals surface area contributed by atoms with Crippen molar-refractivity contribution < 1.29 is 9.53 Å². The molecule has 0 radical (unpaired) electrons. The first-order valence-electron chi connectivity index (χ1n) is 7.44. The van der Waals surface area contributed by atoms with Crippen molar-refractivity contribution in [1.29, 1.82) is 0 Å². The summed E-state index contributed by atoms with van der Waals surface area (Å²) in [7, 11) is 0. The number of carbonyl (C=O) groups is 1. The summed E-state index contributed by atoms with van der Waals surface area (Å²) in [5.41, 5.74) is 0.645. The minimum atomic E-state index is -0.628. The van der Waals surface area contributed by atoms with Gasteiger partial charge < -0.3 is 10.1 Å². The van der Waals surface area contributed by atoms with Crippen molar-refractivity contribution in [2.75, 3.05) is 5.32 Å². The topological polar surface area (TPSA) is 38.3 Å². The molecule has 0 spiro atoms. The first-order chi connectivity index (χ1) is 11.5. The molecule has 0 unspecified atom stereocenters. The Morgan fingerprint density at radius 1 is 1.08 bits per heavy atom. The number of carbonyl (C=O) groups excluding carboxylic acids is 1. The zero-order valence-electron chi connectivity index (χ0n) is 12.9. The largest absolute Gasteiger partial charge is 0.481 e. The Bertz CT molecular complexity index is 897. The summed E-state index contributed by atoms with van der Waals surface area (Å²) < 4.78 is 6.79. The van der Waals surface area contributed by atoms with E-state index in [1.165, 1.54) is 0 Å². The highest BCUT2D eigenvalue weighted by Crippen LogP contribution is 2.25. The fourth-order valence-electron chi connectivity index (χ4n) is 2.34. The van der Waals surface area contributed by atoms with Gasteiger partial charge in [-0.05, 0) is 60.2 Å². The maximum atomic E-state index is 12.3. The van der Waals surface area contributed by atoms with Crippen molar-refractivity contribution in [2.45, 2.75) is 13.0 Å². The summed E-state index contributed by atoms with van der Waals surface area (Å²) in [6, 6.07) is 18.8. The predicted octanol–water partition coefficient (Wildman–Crippen LogP) is 5.66. The highest BCUT2D eigenvalue weighted by atomic mass is 79.9. The van der Waals surface area contributed by atoms with Crippen LogP contribution in [-0.2, 0) is 4.79 Å². The molecule has 0 heterocycles. The predicted molar refractivity (Wildman–Crippen MR) is 102 cm³/mol. The van der Waals surface area contributed by atoms with Crippen LogP contribution < -0.4 is 10.1 Å². The molecule has 3 rings (SSSR count). The molecule has 0 aliphatic heterocycles. The van der Waals surface area contributed by atoms with E-state index in [-0.39, 0.29) is 5.91 Å². The molecule has 5 heteroatoms. The molecule has 0 aromatic heterocycles. The van der Waals surface area contributed by atoms with Gasteiger partial charge in [-0.25, -0.2) is 0 Å². The molecule has 24 heavy (non-hydrogen) atoms. The molecule has 122 valence electrons. The molecule has 3 nitrogen and oxygen atoms in total. The van der Waals surface area contributed by atoms with E-state index in [4.69, 9.17) is 16.3 Å². The maximum absolute atomic E-state index is 12.3. The SMILES string of the molecule is C[C@@H](Oc1ccc2cc(Br)ccc2c1)C(=O)Nc1cccc(Cl)c1. The lowest BCUT2D eigenvalue weighted by molar-refractivity contribution is -0.122. The van der Waals surface area contributed by atoms with E-state index in [2.05, 4.69) is 21.2 Å². The first-order valence-corrected chi connectivity index (χ1v) is 8.61.